The van der Waals surface area contributed by atoms with Gasteiger partial charge in [0.25, 0.3) is 5.91 Å². The fraction of sp³-hybridized carbons (Fsp3) is 0.235. The first-order chi connectivity index (χ1) is 11.9. The second-order valence-electron chi connectivity index (χ2n) is 5.52. The number of benzene rings is 1. The van der Waals surface area contributed by atoms with Crippen LogP contribution in [0.5, 0.6) is 5.88 Å². The standard InChI is InChI=1S/C17H12F3N3O2/c18-17(19,20)13-3-1-2-12(7-13)16(24)23-9-14(10-23)25-15-6-11(8-21)4-5-22-15/h1-7,14H,9-10H2. The van der Waals surface area contributed by atoms with E-state index in [1.165, 1.54) is 35.4 Å². The number of halogens is 3. The third kappa shape index (κ3) is 3.71. The van der Waals surface area contributed by atoms with E-state index in [0.29, 0.717) is 5.56 Å². The van der Waals surface area contributed by atoms with Gasteiger partial charge in [0, 0.05) is 17.8 Å². The van der Waals surface area contributed by atoms with Crippen LogP contribution in [-0.4, -0.2) is 35.0 Å². The number of aromatic nitrogens is 1. The van der Waals surface area contributed by atoms with Crippen molar-refractivity contribution >= 4 is 5.91 Å². The van der Waals surface area contributed by atoms with Crippen LogP contribution in [0.4, 0.5) is 13.2 Å². The summed E-state index contributed by atoms with van der Waals surface area (Å²) in [4.78, 5) is 17.6. The number of carbonyl (C=O) groups excluding carboxylic acids is 1. The number of rotatable bonds is 3. The number of likely N-dealkylation sites (tertiary alicyclic amines) is 1. The van der Waals surface area contributed by atoms with Crippen LogP contribution in [0.15, 0.2) is 42.6 Å². The maximum absolute atomic E-state index is 12.7. The van der Waals surface area contributed by atoms with Gasteiger partial charge < -0.3 is 9.64 Å². The minimum atomic E-state index is -4.49. The lowest BCUT2D eigenvalue weighted by molar-refractivity contribution is -0.137. The highest BCUT2D eigenvalue weighted by molar-refractivity contribution is 5.95. The number of ether oxygens (including phenoxy) is 1. The summed E-state index contributed by atoms with van der Waals surface area (Å²) in [6.07, 6.45) is -3.36. The van der Waals surface area contributed by atoms with Crippen LogP contribution in [0.3, 0.4) is 0 Å². The molecule has 3 rings (SSSR count). The Morgan fingerprint density at radius 2 is 2.04 bits per heavy atom. The maximum atomic E-state index is 12.7. The molecule has 1 aromatic heterocycles. The van der Waals surface area contributed by atoms with E-state index in [0.717, 1.165) is 12.1 Å². The zero-order valence-corrected chi connectivity index (χ0v) is 12.8. The number of carbonyl (C=O) groups is 1. The second-order valence-corrected chi connectivity index (χ2v) is 5.52. The van der Waals surface area contributed by atoms with Gasteiger partial charge in [-0.15, -0.1) is 0 Å². The molecule has 1 aromatic carbocycles. The van der Waals surface area contributed by atoms with Gasteiger partial charge in [-0.3, -0.25) is 4.79 Å². The topological polar surface area (TPSA) is 66.2 Å². The SMILES string of the molecule is N#Cc1ccnc(OC2CN(C(=O)c3cccc(C(F)(F)F)c3)C2)c1. The average Bonchev–Trinajstić information content (AvgIpc) is 2.57. The van der Waals surface area contributed by atoms with Gasteiger partial charge in [-0.05, 0) is 24.3 Å². The van der Waals surface area contributed by atoms with Crippen molar-refractivity contribution in [3.05, 3.63) is 59.3 Å². The average molecular weight is 347 g/mol. The molecule has 1 aliphatic heterocycles. The molecule has 2 aromatic rings. The van der Waals surface area contributed by atoms with Gasteiger partial charge in [0.05, 0.1) is 30.3 Å². The van der Waals surface area contributed by atoms with Gasteiger partial charge in [0.1, 0.15) is 6.10 Å². The third-order valence-corrected chi connectivity index (χ3v) is 3.72. The Bertz CT molecular complexity index is 840. The number of hydrogen-bond acceptors (Lipinski definition) is 4. The summed E-state index contributed by atoms with van der Waals surface area (Å²) in [7, 11) is 0. The van der Waals surface area contributed by atoms with Crippen molar-refractivity contribution in [1.29, 1.82) is 5.26 Å². The van der Waals surface area contributed by atoms with Crippen molar-refractivity contribution in [2.45, 2.75) is 12.3 Å². The number of pyridine rings is 1. The molecule has 0 bridgehead atoms. The van der Waals surface area contributed by atoms with E-state index < -0.39 is 17.6 Å². The zero-order chi connectivity index (χ0) is 18.0. The van der Waals surface area contributed by atoms with Crippen molar-refractivity contribution in [3.63, 3.8) is 0 Å². The van der Waals surface area contributed by atoms with Gasteiger partial charge in [0.15, 0.2) is 0 Å². The van der Waals surface area contributed by atoms with Gasteiger partial charge in [-0.2, -0.15) is 18.4 Å². The summed E-state index contributed by atoms with van der Waals surface area (Å²) in [6.45, 7) is 0.487. The van der Waals surface area contributed by atoms with Gasteiger partial charge in [-0.1, -0.05) is 6.07 Å². The Morgan fingerprint density at radius 3 is 2.72 bits per heavy atom. The molecule has 0 atom stereocenters. The number of amides is 1. The van der Waals surface area contributed by atoms with E-state index in [1.807, 2.05) is 6.07 Å². The molecule has 1 saturated heterocycles. The van der Waals surface area contributed by atoms with Crippen molar-refractivity contribution in [2.24, 2.45) is 0 Å². The number of nitriles is 1. The van der Waals surface area contributed by atoms with Gasteiger partial charge in [-0.25, -0.2) is 4.98 Å². The lowest BCUT2D eigenvalue weighted by Gasteiger charge is -2.38. The van der Waals surface area contributed by atoms with Crippen LogP contribution in [0.25, 0.3) is 0 Å². The number of nitrogens with zero attached hydrogens (tertiary/aromatic N) is 3. The van der Waals surface area contributed by atoms with Crippen molar-refractivity contribution in [2.75, 3.05) is 13.1 Å². The van der Waals surface area contributed by atoms with E-state index in [-0.39, 0.29) is 30.6 Å². The van der Waals surface area contributed by atoms with E-state index in [9.17, 15) is 18.0 Å². The molecule has 2 heterocycles. The first-order valence-electron chi connectivity index (χ1n) is 7.36. The lowest BCUT2D eigenvalue weighted by Crippen LogP contribution is -2.56. The summed E-state index contributed by atoms with van der Waals surface area (Å²) in [5, 5.41) is 8.82. The van der Waals surface area contributed by atoms with Crippen LogP contribution < -0.4 is 4.74 Å². The molecule has 0 spiro atoms. The van der Waals surface area contributed by atoms with Gasteiger partial charge in [0.2, 0.25) is 5.88 Å². The van der Waals surface area contributed by atoms with Crippen molar-refractivity contribution in [3.8, 4) is 11.9 Å². The normalized spacial score (nSPS) is 14.6. The molecule has 0 aliphatic carbocycles. The minimum absolute atomic E-state index is 0.0159. The number of alkyl halides is 3. The van der Waals surface area contributed by atoms with E-state index in [2.05, 4.69) is 4.98 Å². The molecule has 0 N–H and O–H groups in total. The quantitative estimate of drug-likeness (QED) is 0.856. The van der Waals surface area contributed by atoms with Crippen LogP contribution in [-0.2, 0) is 6.18 Å². The van der Waals surface area contributed by atoms with Crippen LogP contribution in [0, 0.1) is 11.3 Å². The molecule has 8 heteroatoms. The molecule has 0 saturated carbocycles. The summed E-state index contributed by atoms with van der Waals surface area (Å²) in [5.74, 6) is -0.208. The van der Waals surface area contributed by atoms with Crippen molar-refractivity contribution < 1.29 is 22.7 Å². The Labute approximate surface area is 141 Å². The fourth-order valence-corrected chi connectivity index (χ4v) is 2.40. The molecule has 1 aliphatic rings. The summed E-state index contributed by atoms with van der Waals surface area (Å²) in [5.41, 5.74) is -0.469. The molecule has 0 unspecified atom stereocenters. The summed E-state index contributed by atoms with van der Waals surface area (Å²) < 4.78 is 43.7. The highest BCUT2D eigenvalue weighted by atomic mass is 19.4. The monoisotopic (exact) mass is 347 g/mol. The smallest absolute Gasteiger partial charge is 0.416 e. The van der Waals surface area contributed by atoms with E-state index in [1.54, 1.807) is 0 Å². The Kier molecular flexibility index (Phi) is 4.31. The highest BCUT2D eigenvalue weighted by Gasteiger charge is 2.35. The molecular formula is C17H12F3N3O2. The molecule has 25 heavy (non-hydrogen) atoms. The first-order valence-corrected chi connectivity index (χ1v) is 7.36. The Hall–Kier alpha value is -3.08. The minimum Gasteiger partial charge on any atom is -0.471 e. The predicted molar refractivity (Wildman–Crippen MR) is 80.7 cm³/mol. The second kappa shape index (κ2) is 6.43. The third-order valence-electron chi connectivity index (χ3n) is 3.72. The largest absolute Gasteiger partial charge is 0.471 e. The highest BCUT2D eigenvalue weighted by Crippen LogP contribution is 2.30. The zero-order valence-electron chi connectivity index (χ0n) is 12.8. The number of hydrogen-bond donors (Lipinski definition) is 0. The summed E-state index contributed by atoms with van der Waals surface area (Å²) >= 11 is 0. The molecular weight excluding hydrogens is 335 g/mol. The first kappa shape index (κ1) is 16.8. The molecule has 1 amide bonds. The maximum Gasteiger partial charge on any atom is 0.416 e. The lowest BCUT2D eigenvalue weighted by atomic mass is 10.1. The van der Waals surface area contributed by atoms with E-state index >= 15 is 0 Å². The molecule has 128 valence electrons. The van der Waals surface area contributed by atoms with Crippen LogP contribution in [0.2, 0.25) is 0 Å². The molecule has 5 nitrogen and oxygen atoms in total. The fourth-order valence-electron chi connectivity index (χ4n) is 2.40. The predicted octanol–water partition coefficient (Wildman–Crippen LogP) is 2.88. The van der Waals surface area contributed by atoms with E-state index in [4.69, 9.17) is 10.00 Å². The molecule has 1 fully saturated rings. The van der Waals surface area contributed by atoms with Gasteiger partial charge >= 0.3 is 6.18 Å². The Morgan fingerprint density at radius 1 is 1.28 bits per heavy atom. The van der Waals surface area contributed by atoms with Crippen molar-refractivity contribution in [1.82, 2.24) is 9.88 Å². The van der Waals surface area contributed by atoms with Crippen LogP contribution in [0.1, 0.15) is 21.5 Å². The molecule has 0 radical (unpaired) electrons. The Balaban J connectivity index is 1.61. The summed E-state index contributed by atoms with van der Waals surface area (Å²) in [6, 6.07) is 9.31. The van der Waals surface area contributed by atoms with Crippen LogP contribution >= 0.6 is 0 Å².